The molecule has 0 aliphatic carbocycles. The lowest BCUT2D eigenvalue weighted by Crippen LogP contribution is -2.11. The Bertz CT molecular complexity index is 1300. The summed E-state index contributed by atoms with van der Waals surface area (Å²) in [6, 6.07) is 24.9. The van der Waals surface area contributed by atoms with Crippen molar-refractivity contribution in [2.45, 2.75) is 29.7 Å². The Hall–Kier alpha value is -3.51. The van der Waals surface area contributed by atoms with Gasteiger partial charge in [0, 0.05) is 33.2 Å². The third-order valence-corrected chi connectivity index (χ3v) is 6.89. The zero-order valence-electron chi connectivity index (χ0n) is 17.5. The molecule has 0 fully saturated rings. The second-order valence-electron chi connectivity index (χ2n) is 7.50. The van der Waals surface area contributed by atoms with Gasteiger partial charge in [0.1, 0.15) is 12.4 Å². The predicted molar refractivity (Wildman–Crippen MR) is 123 cm³/mol. The fourth-order valence-electron chi connectivity index (χ4n) is 3.81. The molecule has 0 aliphatic rings. The van der Waals surface area contributed by atoms with Gasteiger partial charge in [-0.05, 0) is 54.4 Å². The molecule has 4 rings (SSSR count). The number of carboxylic acid groups (broad SMARTS) is 1. The molecule has 3 aromatic carbocycles. The molecular formula is C26H22FNO3S. The van der Waals surface area contributed by atoms with Crippen LogP contribution in [0.5, 0.6) is 0 Å². The Morgan fingerprint density at radius 1 is 0.938 bits per heavy atom. The van der Waals surface area contributed by atoms with Gasteiger partial charge in [-0.2, -0.15) is 0 Å². The van der Waals surface area contributed by atoms with Crippen LogP contribution in [0.15, 0.2) is 94.7 Å². The van der Waals surface area contributed by atoms with E-state index in [1.54, 1.807) is 16.7 Å². The van der Waals surface area contributed by atoms with Crippen molar-refractivity contribution in [1.82, 2.24) is 4.57 Å². The highest BCUT2D eigenvalue weighted by Gasteiger charge is 2.18. The third-order valence-electron chi connectivity index (χ3n) is 5.40. The molecule has 6 heteroatoms. The number of aliphatic carboxylic acids is 1. The van der Waals surface area contributed by atoms with E-state index in [9.17, 15) is 18.5 Å². The Kier molecular flexibility index (Phi) is 6.32. The normalized spacial score (nSPS) is 11.9. The second-order valence-corrected chi connectivity index (χ2v) is 8.95. The van der Waals surface area contributed by atoms with Gasteiger partial charge in [0.25, 0.3) is 0 Å². The number of carboxylic acids is 1. The van der Waals surface area contributed by atoms with Crippen molar-refractivity contribution >= 4 is 16.8 Å². The van der Waals surface area contributed by atoms with Gasteiger partial charge in [0.15, 0.2) is 0 Å². The van der Waals surface area contributed by atoms with Crippen molar-refractivity contribution in [3.05, 3.63) is 108 Å². The summed E-state index contributed by atoms with van der Waals surface area (Å²) in [5, 5.41) is 9.42. The molecule has 0 radical (unpaired) electrons. The van der Waals surface area contributed by atoms with Gasteiger partial charge in [0.2, 0.25) is 0 Å². The number of aromatic nitrogens is 1. The number of rotatable bonds is 7. The van der Waals surface area contributed by atoms with Gasteiger partial charge in [-0.3, -0.25) is 4.79 Å². The fourth-order valence-corrected chi connectivity index (χ4v) is 5.05. The Balaban J connectivity index is 1.76. The minimum absolute atomic E-state index is 0.227. The summed E-state index contributed by atoms with van der Waals surface area (Å²) in [7, 11) is -1.34. The molecule has 0 saturated carbocycles. The molecule has 0 bridgehead atoms. The molecule has 32 heavy (non-hydrogen) atoms. The van der Waals surface area contributed by atoms with E-state index in [1.807, 2.05) is 67.6 Å². The standard InChI is InChI=1S/C26H22FNO3S/c1-18-21(16-24(28(18)17-26(29)30)19-9-7-10-22(27)15-19)14-20-8-5-6-13-25(20)32(31)23-11-3-2-4-12-23/h2-13,15-16H,14,17H2,1H3,(H,29,30). The first-order chi connectivity index (χ1) is 15.4. The van der Waals surface area contributed by atoms with E-state index in [0.717, 1.165) is 26.6 Å². The molecule has 0 aliphatic heterocycles. The van der Waals surface area contributed by atoms with Crippen LogP contribution in [0.2, 0.25) is 0 Å². The van der Waals surface area contributed by atoms with Crippen LogP contribution < -0.4 is 0 Å². The van der Waals surface area contributed by atoms with Crippen LogP contribution in [0.25, 0.3) is 11.3 Å². The van der Waals surface area contributed by atoms with Crippen molar-refractivity contribution in [3.8, 4) is 11.3 Å². The van der Waals surface area contributed by atoms with Crippen LogP contribution in [0.1, 0.15) is 16.8 Å². The summed E-state index contributed by atoms with van der Waals surface area (Å²) in [5.74, 6) is -1.35. The van der Waals surface area contributed by atoms with Crippen LogP contribution >= 0.6 is 0 Å². The molecule has 0 spiro atoms. The Morgan fingerprint density at radius 3 is 2.38 bits per heavy atom. The minimum atomic E-state index is -1.34. The van der Waals surface area contributed by atoms with Gasteiger partial charge < -0.3 is 9.67 Å². The summed E-state index contributed by atoms with van der Waals surface area (Å²) < 4.78 is 28.7. The maximum atomic E-state index is 13.8. The summed E-state index contributed by atoms with van der Waals surface area (Å²) in [6.07, 6.45) is 0.482. The largest absolute Gasteiger partial charge is 0.480 e. The van der Waals surface area contributed by atoms with Gasteiger partial charge in [-0.1, -0.05) is 48.5 Å². The van der Waals surface area contributed by atoms with Crippen molar-refractivity contribution in [2.24, 2.45) is 0 Å². The molecule has 1 unspecified atom stereocenters. The number of carbonyl (C=O) groups is 1. The molecule has 1 heterocycles. The average Bonchev–Trinajstić information content (AvgIpc) is 3.09. The minimum Gasteiger partial charge on any atom is -0.480 e. The summed E-state index contributed by atoms with van der Waals surface area (Å²) in [5.41, 5.74) is 3.84. The van der Waals surface area contributed by atoms with Crippen LogP contribution in [0.4, 0.5) is 4.39 Å². The quantitative estimate of drug-likeness (QED) is 0.410. The Labute approximate surface area is 188 Å². The number of benzene rings is 3. The van der Waals surface area contributed by atoms with E-state index in [1.165, 1.54) is 12.1 Å². The lowest BCUT2D eigenvalue weighted by Gasteiger charge is -2.11. The van der Waals surface area contributed by atoms with E-state index < -0.39 is 16.8 Å². The molecule has 4 nitrogen and oxygen atoms in total. The maximum Gasteiger partial charge on any atom is 0.323 e. The van der Waals surface area contributed by atoms with Gasteiger partial charge in [-0.15, -0.1) is 0 Å². The first-order valence-electron chi connectivity index (χ1n) is 10.2. The fraction of sp³-hybridized carbons (Fsp3) is 0.115. The number of nitrogens with zero attached hydrogens (tertiary/aromatic N) is 1. The molecular weight excluding hydrogens is 425 g/mol. The van der Waals surface area contributed by atoms with Crippen LogP contribution in [-0.2, 0) is 28.6 Å². The van der Waals surface area contributed by atoms with Crippen molar-refractivity contribution in [2.75, 3.05) is 0 Å². The molecule has 0 amide bonds. The predicted octanol–water partition coefficient (Wildman–Crippen LogP) is 5.44. The zero-order chi connectivity index (χ0) is 22.7. The van der Waals surface area contributed by atoms with Crippen LogP contribution in [0, 0.1) is 12.7 Å². The van der Waals surface area contributed by atoms with Crippen molar-refractivity contribution in [3.63, 3.8) is 0 Å². The highest BCUT2D eigenvalue weighted by molar-refractivity contribution is 7.85. The molecule has 4 aromatic rings. The maximum absolute atomic E-state index is 13.8. The van der Waals surface area contributed by atoms with Gasteiger partial charge in [0.05, 0.1) is 10.8 Å². The zero-order valence-corrected chi connectivity index (χ0v) is 18.3. The van der Waals surface area contributed by atoms with E-state index in [0.29, 0.717) is 17.7 Å². The summed E-state index contributed by atoms with van der Waals surface area (Å²) >= 11 is 0. The Morgan fingerprint density at radius 2 is 1.66 bits per heavy atom. The van der Waals surface area contributed by atoms with E-state index in [-0.39, 0.29) is 12.4 Å². The van der Waals surface area contributed by atoms with Gasteiger partial charge in [-0.25, -0.2) is 8.60 Å². The average molecular weight is 448 g/mol. The number of hydrogen-bond donors (Lipinski definition) is 1. The molecule has 0 saturated heterocycles. The highest BCUT2D eigenvalue weighted by atomic mass is 32.2. The summed E-state index contributed by atoms with van der Waals surface area (Å²) in [4.78, 5) is 12.9. The SMILES string of the molecule is Cc1c(Cc2ccccc2S(=O)c2ccccc2)cc(-c2cccc(F)c2)n1CC(=O)O. The lowest BCUT2D eigenvalue weighted by molar-refractivity contribution is -0.137. The number of halogens is 1. The molecule has 1 atom stereocenters. The van der Waals surface area contributed by atoms with Crippen LogP contribution in [0.3, 0.4) is 0 Å². The molecule has 162 valence electrons. The molecule has 1 N–H and O–H groups in total. The van der Waals surface area contributed by atoms with Crippen molar-refractivity contribution in [1.29, 1.82) is 0 Å². The topological polar surface area (TPSA) is 59.3 Å². The third kappa shape index (κ3) is 4.55. The van der Waals surface area contributed by atoms with E-state index in [2.05, 4.69) is 0 Å². The highest BCUT2D eigenvalue weighted by Crippen LogP contribution is 2.30. The monoisotopic (exact) mass is 447 g/mol. The summed E-state index contributed by atoms with van der Waals surface area (Å²) in [6.45, 7) is 1.63. The first kappa shape index (κ1) is 21.7. The lowest BCUT2D eigenvalue weighted by atomic mass is 10.0. The van der Waals surface area contributed by atoms with Gasteiger partial charge >= 0.3 is 5.97 Å². The van der Waals surface area contributed by atoms with Crippen molar-refractivity contribution < 1.29 is 18.5 Å². The second kappa shape index (κ2) is 9.32. The van der Waals surface area contributed by atoms with E-state index >= 15 is 0 Å². The van der Waals surface area contributed by atoms with Crippen LogP contribution in [-0.4, -0.2) is 19.9 Å². The van der Waals surface area contributed by atoms with E-state index in [4.69, 9.17) is 0 Å². The molecule has 1 aromatic heterocycles. The smallest absolute Gasteiger partial charge is 0.323 e. The number of hydrogen-bond acceptors (Lipinski definition) is 2. The first-order valence-corrected chi connectivity index (χ1v) is 11.3.